The van der Waals surface area contributed by atoms with Crippen molar-refractivity contribution >= 4 is 17.0 Å². The number of hydrogen-bond acceptors (Lipinski definition) is 3. The fourth-order valence-electron chi connectivity index (χ4n) is 2.88. The highest BCUT2D eigenvalue weighted by Gasteiger charge is 2.10. The summed E-state index contributed by atoms with van der Waals surface area (Å²) in [7, 11) is 0. The van der Waals surface area contributed by atoms with Crippen molar-refractivity contribution < 1.29 is 15.0 Å². The number of aromatic carboxylic acids is 1. The predicted octanol–water partition coefficient (Wildman–Crippen LogP) is 4.30. The summed E-state index contributed by atoms with van der Waals surface area (Å²) in [5, 5.41) is 19.6. The highest BCUT2D eigenvalue weighted by Crippen LogP contribution is 2.31. The average molecular weight is 330 g/mol. The van der Waals surface area contributed by atoms with Crippen molar-refractivity contribution in [2.75, 3.05) is 0 Å². The van der Waals surface area contributed by atoms with Gasteiger partial charge in [0.2, 0.25) is 0 Å². The number of aromatic hydroxyl groups is 1. The summed E-state index contributed by atoms with van der Waals surface area (Å²) in [4.78, 5) is 18.6. The van der Waals surface area contributed by atoms with Gasteiger partial charge in [-0.15, -0.1) is 0 Å². The number of nitrogens with one attached hydrogen (secondary N) is 1. The fraction of sp³-hybridized carbons (Fsp3) is 0. The Morgan fingerprint density at radius 2 is 1.76 bits per heavy atom. The minimum absolute atomic E-state index is 0.205. The molecule has 25 heavy (non-hydrogen) atoms. The number of hydrogen-bond donors (Lipinski definition) is 3. The molecule has 0 saturated carbocycles. The van der Waals surface area contributed by atoms with Crippen LogP contribution in [0, 0.1) is 0 Å². The van der Waals surface area contributed by atoms with Crippen molar-refractivity contribution in [1.29, 1.82) is 0 Å². The molecule has 0 spiro atoms. The number of phenolic OH excluding ortho intramolecular Hbond substituents is 1. The summed E-state index contributed by atoms with van der Waals surface area (Å²) in [5.74, 6) is -0.741. The Labute approximate surface area is 143 Å². The van der Waals surface area contributed by atoms with Crippen LogP contribution in [-0.2, 0) is 0 Å². The SMILES string of the molecule is O=C(O)c1ccc(-c2c[nH]c3ncc(-c4cccc(O)c4)cc23)cc1. The van der Waals surface area contributed by atoms with Gasteiger partial charge in [-0.2, -0.15) is 0 Å². The average Bonchev–Trinajstić information content (AvgIpc) is 3.05. The number of carbonyl (C=O) groups is 1. The number of pyridine rings is 1. The van der Waals surface area contributed by atoms with E-state index in [4.69, 9.17) is 5.11 Å². The fourth-order valence-corrected chi connectivity index (χ4v) is 2.88. The molecule has 122 valence electrons. The number of rotatable bonds is 3. The lowest BCUT2D eigenvalue weighted by molar-refractivity contribution is 0.0697. The van der Waals surface area contributed by atoms with Crippen LogP contribution in [0.5, 0.6) is 5.75 Å². The van der Waals surface area contributed by atoms with Crippen LogP contribution >= 0.6 is 0 Å². The van der Waals surface area contributed by atoms with Gasteiger partial charge in [-0.05, 0) is 41.5 Å². The number of fused-ring (bicyclic) bond motifs is 1. The number of H-pyrrole nitrogens is 1. The quantitative estimate of drug-likeness (QED) is 0.523. The van der Waals surface area contributed by atoms with Gasteiger partial charge >= 0.3 is 5.97 Å². The number of benzene rings is 2. The van der Waals surface area contributed by atoms with Crippen LogP contribution in [0.1, 0.15) is 10.4 Å². The number of aromatic amines is 1. The predicted molar refractivity (Wildman–Crippen MR) is 95.6 cm³/mol. The van der Waals surface area contributed by atoms with Gasteiger partial charge in [0.1, 0.15) is 11.4 Å². The lowest BCUT2D eigenvalue weighted by atomic mass is 10.0. The second-order valence-electron chi connectivity index (χ2n) is 5.76. The number of carboxylic acids is 1. The van der Waals surface area contributed by atoms with E-state index >= 15 is 0 Å². The van der Waals surface area contributed by atoms with E-state index in [1.165, 1.54) is 0 Å². The third-order valence-electron chi connectivity index (χ3n) is 4.15. The first-order chi connectivity index (χ1) is 12.1. The molecule has 2 heterocycles. The van der Waals surface area contributed by atoms with Crippen LogP contribution in [0.3, 0.4) is 0 Å². The van der Waals surface area contributed by atoms with E-state index in [0.717, 1.165) is 33.3 Å². The first-order valence-electron chi connectivity index (χ1n) is 7.72. The number of nitrogens with zero attached hydrogens (tertiary/aromatic N) is 1. The number of phenols is 1. The van der Waals surface area contributed by atoms with Gasteiger partial charge in [0.25, 0.3) is 0 Å². The van der Waals surface area contributed by atoms with Gasteiger partial charge in [0, 0.05) is 28.9 Å². The lowest BCUT2D eigenvalue weighted by Crippen LogP contribution is -1.94. The smallest absolute Gasteiger partial charge is 0.335 e. The largest absolute Gasteiger partial charge is 0.508 e. The molecular weight excluding hydrogens is 316 g/mol. The maximum absolute atomic E-state index is 11.0. The van der Waals surface area contributed by atoms with Crippen molar-refractivity contribution in [1.82, 2.24) is 9.97 Å². The third kappa shape index (κ3) is 2.72. The summed E-state index contributed by atoms with van der Waals surface area (Å²) >= 11 is 0. The van der Waals surface area contributed by atoms with Crippen molar-refractivity contribution in [3.8, 4) is 28.0 Å². The summed E-state index contributed by atoms with van der Waals surface area (Å²) in [6, 6.07) is 15.8. The standard InChI is InChI=1S/C20H14N2O3/c23-16-3-1-2-14(8-16)15-9-17-18(11-22-19(17)21-10-15)12-4-6-13(7-5-12)20(24)25/h1-11,23H,(H,21,22)(H,24,25). The Hall–Kier alpha value is -3.60. The van der Waals surface area contributed by atoms with Gasteiger partial charge < -0.3 is 15.2 Å². The Bertz CT molecular complexity index is 1080. The van der Waals surface area contributed by atoms with Crippen molar-refractivity contribution in [2.24, 2.45) is 0 Å². The second kappa shape index (κ2) is 5.79. The Morgan fingerprint density at radius 1 is 0.960 bits per heavy atom. The molecule has 2 aromatic carbocycles. The molecule has 0 aliphatic heterocycles. The maximum Gasteiger partial charge on any atom is 0.335 e. The molecule has 0 amide bonds. The van der Waals surface area contributed by atoms with E-state index in [1.807, 2.05) is 18.3 Å². The summed E-state index contributed by atoms with van der Waals surface area (Å²) < 4.78 is 0. The number of aromatic nitrogens is 2. The van der Waals surface area contributed by atoms with Crippen molar-refractivity contribution in [3.63, 3.8) is 0 Å². The molecule has 0 aliphatic rings. The summed E-state index contributed by atoms with van der Waals surface area (Å²) in [6.07, 6.45) is 3.62. The molecular formula is C20H14N2O3. The second-order valence-corrected chi connectivity index (χ2v) is 5.76. The zero-order chi connectivity index (χ0) is 17.4. The van der Waals surface area contributed by atoms with Gasteiger partial charge in [0.15, 0.2) is 0 Å². The van der Waals surface area contributed by atoms with Crippen LogP contribution in [0.2, 0.25) is 0 Å². The molecule has 4 aromatic rings. The minimum atomic E-state index is -0.946. The van der Waals surface area contributed by atoms with Gasteiger partial charge in [0.05, 0.1) is 5.56 Å². The Morgan fingerprint density at radius 3 is 2.48 bits per heavy atom. The van der Waals surface area contributed by atoms with E-state index < -0.39 is 5.97 Å². The third-order valence-corrected chi connectivity index (χ3v) is 4.15. The van der Waals surface area contributed by atoms with Crippen molar-refractivity contribution in [3.05, 3.63) is 72.6 Å². The first kappa shape index (κ1) is 15.0. The minimum Gasteiger partial charge on any atom is -0.508 e. The maximum atomic E-state index is 11.0. The lowest BCUT2D eigenvalue weighted by Gasteiger charge is -2.04. The van der Waals surface area contributed by atoms with Crippen LogP contribution < -0.4 is 0 Å². The molecule has 0 bridgehead atoms. The molecule has 0 atom stereocenters. The van der Waals surface area contributed by atoms with Crippen molar-refractivity contribution in [2.45, 2.75) is 0 Å². The Balaban J connectivity index is 1.82. The normalized spacial score (nSPS) is 10.9. The first-order valence-corrected chi connectivity index (χ1v) is 7.72. The van der Waals surface area contributed by atoms with E-state index in [9.17, 15) is 9.90 Å². The van der Waals surface area contributed by atoms with E-state index in [-0.39, 0.29) is 11.3 Å². The molecule has 0 fully saturated rings. The highest BCUT2D eigenvalue weighted by molar-refractivity contribution is 5.96. The molecule has 2 aromatic heterocycles. The van der Waals surface area contributed by atoms with E-state index in [2.05, 4.69) is 9.97 Å². The van der Waals surface area contributed by atoms with E-state index in [0.29, 0.717) is 0 Å². The summed E-state index contributed by atoms with van der Waals surface area (Å²) in [6.45, 7) is 0. The molecule has 5 nitrogen and oxygen atoms in total. The molecule has 4 rings (SSSR count). The van der Waals surface area contributed by atoms with Gasteiger partial charge in [-0.25, -0.2) is 9.78 Å². The molecule has 0 radical (unpaired) electrons. The zero-order valence-electron chi connectivity index (χ0n) is 13.1. The molecule has 0 aliphatic carbocycles. The topological polar surface area (TPSA) is 86.2 Å². The Kier molecular flexibility index (Phi) is 3.47. The monoisotopic (exact) mass is 330 g/mol. The van der Waals surface area contributed by atoms with Crippen LogP contribution in [0.25, 0.3) is 33.3 Å². The van der Waals surface area contributed by atoms with E-state index in [1.54, 1.807) is 48.7 Å². The van der Waals surface area contributed by atoms with Crippen LogP contribution in [-0.4, -0.2) is 26.2 Å². The molecule has 3 N–H and O–H groups in total. The summed E-state index contributed by atoms with van der Waals surface area (Å²) in [5.41, 5.74) is 4.63. The van der Waals surface area contributed by atoms with Crippen LogP contribution in [0.15, 0.2) is 67.0 Å². The molecule has 0 unspecified atom stereocenters. The van der Waals surface area contributed by atoms with Gasteiger partial charge in [-0.3, -0.25) is 0 Å². The molecule has 0 saturated heterocycles. The number of carboxylic acid groups (broad SMARTS) is 1. The molecule has 5 heteroatoms. The van der Waals surface area contributed by atoms with Crippen LogP contribution in [0.4, 0.5) is 0 Å². The zero-order valence-corrected chi connectivity index (χ0v) is 13.1. The highest BCUT2D eigenvalue weighted by atomic mass is 16.4. The van der Waals surface area contributed by atoms with Gasteiger partial charge in [-0.1, -0.05) is 24.3 Å².